The number of hydrogen-bond acceptors (Lipinski definition) is 6. The van der Waals surface area contributed by atoms with Gasteiger partial charge in [0, 0.05) is 18.1 Å². The maximum absolute atomic E-state index is 13.8. The number of nitro groups is 1. The Morgan fingerprint density at radius 3 is 2.51 bits per heavy atom. The summed E-state index contributed by atoms with van der Waals surface area (Å²) in [5.74, 6) is -1.35. The van der Waals surface area contributed by atoms with E-state index in [0.29, 0.717) is 18.8 Å². The van der Waals surface area contributed by atoms with E-state index in [2.05, 4.69) is 19.9 Å². The van der Waals surface area contributed by atoms with Crippen LogP contribution in [0.3, 0.4) is 0 Å². The Labute approximate surface area is 240 Å². The van der Waals surface area contributed by atoms with Gasteiger partial charge in [-0.15, -0.1) is 0 Å². The van der Waals surface area contributed by atoms with Crippen molar-refractivity contribution in [3.05, 3.63) is 79.9 Å². The molecule has 0 spiro atoms. The number of rotatable bonds is 9. The number of anilines is 1. The largest absolute Gasteiger partial charge is 0.507 e. The highest BCUT2D eigenvalue weighted by molar-refractivity contribution is 6.22. The predicted octanol–water partition coefficient (Wildman–Crippen LogP) is 6.81. The fourth-order valence-corrected chi connectivity index (χ4v) is 6.99. The minimum atomic E-state index is -0.515. The summed E-state index contributed by atoms with van der Waals surface area (Å²) in [6.45, 7) is 8.48. The number of hydrogen-bond donors (Lipinski definition) is 1. The highest BCUT2D eigenvalue weighted by Crippen LogP contribution is 2.51. The average molecular weight is 559 g/mol. The fourth-order valence-electron chi connectivity index (χ4n) is 6.99. The first kappa shape index (κ1) is 28.7. The molecule has 216 valence electrons. The molecule has 0 radical (unpaired) electrons. The van der Waals surface area contributed by atoms with Gasteiger partial charge in [0.25, 0.3) is 5.69 Å². The van der Waals surface area contributed by atoms with Crippen LogP contribution in [0.2, 0.25) is 0 Å². The van der Waals surface area contributed by atoms with Crippen LogP contribution in [-0.2, 0) is 14.3 Å². The number of amides is 2. The molecule has 2 fully saturated rings. The van der Waals surface area contributed by atoms with Crippen molar-refractivity contribution < 1.29 is 24.4 Å². The third-order valence-corrected chi connectivity index (χ3v) is 8.92. The maximum Gasteiger partial charge on any atom is 0.271 e. The molecule has 2 amide bonds. The summed E-state index contributed by atoms with van der Waals surface area (Å²) in [7, 11) is 0. The Balaban J connectivity index is 1.39. The van der Waals surface area contributed by atoms with Crippen molar-refractivity contribution in [2.75, 3.05) is 11.5 Å². The van der Waals surface area contributed by atoms with Crippen LogP contribution < -0.4 is 4.90 Å². The molecule has 0 saturated carbocycles. The highest BCUT2D eigenvalue weighted by Gasteiger charge is 2.57. The van der Waals surface area contributed by atoms with Gasteiger partial charge in [0.1, 0.15) is 5.75 Å². The smallest absolute Gasteiger partial charge is 0.271 e. The number of fused-ring (bicyclic) bond motifs is 3. The predicted molar refractivity (Wildman–Crippen MR) is 157 cm³/mol. The lowest BCUT2D eigenvalue weighted by atomic mass is 9.68. The van der Waals surface area contributed by atoms with Crippen LogP contribution in [-0.4, -0.2) is 34.6 Å². The van der Waals surface area contributed by atoms with E-state index in [0.717, 1.165) is 48.8 Å². The number of non-ortho nitro benzene ring substituents is 1. The van der Waals surface area contributed by atoms with Crippen molar-refractivity contribution in [2.24, 2.45) is 17.8 Å². The molecule has 3 aliphatic rings. The number of imide groups is 1. The number of benzene rings is 2. The van der Waals surface area contributed by atoms with Crippen LogP contribution in [0.1, 0.15) is 69.1 Å². The van der Waals surface area contributed by atoms with Crippen molar-refractivity contribution in [2.45, 2.75) is 72.3 Å². The summed E-state index contributed by atoms with van der Waals surface area (Å²) in [5, 5.41) is 21.5. The third-order valence-electron chi connectivity index (χ3n) is 8.92. The van der Waals surface area contributed by atoms with Gasteiger partial charge in [-0.25, -0.2) is 4.90 Å². The number of ether oxygens (including phenoxy) is 1. The lowest BCUT2D eigenvalue weighted by Crippen LogP contribution is -2.34. The average Bonchev–Trinajstić information content (AvgIpc) is 3.48. The molecule has 0 unspecified atom stereocenters. The molecule has 4 atom stereocenters. The number of aromatic hydroxyl groups is 1. The summed E-state index contributed by atoms with van der Waals surface area (Å²) in [5.41, 5.74) is 6.61. The Hall–Kier alpha value is -3.78. The van der Waals surface area contributed by atoms with E-state index < -0.39 is 16.8 Å². The van der Waals surface area contributed by atoms with Crippen molar-refractivity contribution in [3.8, 4) is 5.75 Å². The Morgan fingerprint density at radius 1 is 1.12 bits per heavy atom. The second-order valence-corrected chi connectivity index (χ2v) is 11.6. The van der Waals surface area contributed by atoms with Gasteiger partial charge in [-0.05, 0) is 86.4 Å². The van der Waals surface area contributed by atoms with Crippen LogP contribution >= 0.6 is 0 Å². The van der Waals surface area contributed by atoms with E-state index in [1.807, 2.05) is 26.0 Å². The van der Waals surface area contributed by atoms with Crippen LogP contribution in [0.25, 0.3) is 6.08 Å². The molecule has 2 heterocycles. The van der Waals surface area contributed by atoms with Gasteiger partial charge >= 0.3 is 0 Å². The van der Waals surface area contributed by atoms with E-state index in [1.54, 1.807) is 6.07 Å². The van der Waals surface area contributed by atoms with E-state index >= 15 is 0 Å². The van der Waals surface area contributed by atoms with Crippen LogP contribution in [0.15, 0.2) is 53.1 Å². The number of carbonyl (C=O) groups excluding carboxylic acids is 2. The highest BCUT2D eigenvalue weighted by atomic mass is 16.6. The summed E-state index contributed by atoms with van der Waals surface area (Å²) in [6, 6.07) is 9.76. The van der Waals surface area contributed by atoms with Crippen LogP contribution in [0.4, 0.5) is 11.4 Å². The summed E-state index contributed by atoms with van der Waals surface area (Å²) < 4.78 is 6.37. The SMILES string of the molecule is CCCC1=C2[C@@H](CC/C(=C/c3cc(C)c(O)c(C)c3)CC)OC[C@@H]2[C@@H]2C(=O)N(c3cccc([N+](=O)[O-])c3)C(=O)[C@@H]2C1. The molecule has 2 aromatic carbocycles. The molecule has 2 saturated heterocycles. The number of allylic oxidation sites excluding steroid dienone is 2. The van der Waals surface area contributed by atoms with E-state index in [1.165, 1.54) is 39.8 Å². The van der Waals surface area contributed by atoms with Gasteiger partial charge in [-0.2, -0.15) is 0 Å². The van der Waals surface area contributed by atoms with E-state index in [-0.39, 0.29) is 35.2 Å². The van der Waals surface area contributed by atoms with Crippen LogP contribution in [0, 0.1) is 41.7 Å². The molecular formula is C33H38N2O6. The molecular weight excluding hydrogens is 520 g/mol. The second kappa shape index (κ2) is 11.6. The van der Waals surface area contributed by atoms with E-state index in [9.17, 15) is 24.8 Å². The Kier molecular flexibility index (Phi) is 8.13. The van der Waals surface area contributed by atoms with Crippen LogP contribution in [0.5, 0.6) is 5.75 Å². The van der Waals surface area contributed by atoms with Gasteiger partial charge in [-0.3, -0.25) is 19.7 Å². The minimum Gasteiger partial charge on any atom is -0.507 e. The molecule has 1 aliphatic carbocycles. The van der Waals surface area contributed by atoms with Gasteiger partial charge in [-0.1, -0.05) is 43.6 Å². The first-order valence-corrected chi connectivity index (χ1v) is 14.6. The molecule has 5 rings (SSSR count). The second-order valence-electron chi connectivity index (χ2n) is 11.6. The molecule has 8 heteroatoms. The summed E-state index contributed by atoms with van der Waals surface area (Å²) in [4.78, 5) is 39.4. The quantitative estimate of drug-likeness (QED) is 0.157. The van der Waals surface area contributed by atoms with Crippen molar-refractivity contribution in [1.82, 2.24) is 0 Å². The molecule has 0 bridgehead atoms. The number of nitro benzene ring substituents is 1. The Bertz CT molecular complexity index is 1430. The molecule has 2 aromatic rings. The van der Waals surface area contributed by atoms with Crippen molar-refractivity contribution in [1.29, 1.82) is 0 Å². The lowest BCUT2D eigenvalue weighted by Gasteiger charge is -2.32. The molecule has 2 aliphatic heterocycles. The topological polar surface area (TPSA) is 110 Å². The lowest BCUT2D eigenvalue weighted by molar-refractivity contribution is -0.384. The third kappa shape index (κ3) is 5.33. The number of phenols is 1. The normalized spacial score (nSPS) is 24.2. The number of aryl methyl sites for hydroxylation is 2. The van der Waals surface area contributed by atoms with Crippen molar-refractivity contribution >= 4 is 29.3 Å². The molecule has 8 nitrogen and oxygen atoms in total. The number of nitrogens with zero attached hydrogens (tertiary/aromatic N) is 2. The molecule has 1 N–H and O–H groups in total. The zero-order valence-corrected chi connectivity index (χ0v) is 24.2. The fraction of sp³-hybridized carbons (Fsp3) is 0.455. The summed E-state index contributed by atoms with van der Waals surface area (Å²) >= 11 is 0. The molecule has 0 aromatic heterocycles. The van der Waals surface area contributed by atoms with E-state index in [4.69, 9.17) is 4.74 Å². The van der Waals surface area contributed by atoms with Gasteiger partial charge in [0.2, 0.25) is 11.8 Å². The number of phenolic OH excluding ortho intramolecular Hbond substituents is 1. The van der Waals surface area contributed by atoms with Gasteiger partial charge < -0.3 is 9.84 Å². The van der Waals surface area contributed by atoms with Gasteiger partial charge in [0.15, 0.2) is 0 Å². The maximum atomic E-state index is 13.8. The first-order valence-electron chi connectivity index (χ1n) is 14.6. The Morgan fingerprint density at radius 2 is 1.85 bits per heavy atom. The zero-order chi connectivity index (χ0) is 29.4. The first-order chi connectivity index (χ1) is 19.6. The number of carbonyl (C=O) groups is 2. The monoisotopic (exact) mass is 558 g/mol. The standard InChI is InChI=1S/C33H38N2O6/c1-5-8-23-16-26-30(33(38)34(32(26)37)24-9-7-10-25(17-24)35(39)40)27-18-41-28(29(23)27)12-11-21(6-2)15-22-13-19(3)31(36)20(4)14-22/h7,9-10,13-15,17,26-28,30,36H,5-6,8,11-12,16,18H2,1-4H3/b21-15+/t26-,27+,28-,30-/m1/s1. The zero-order valence-electron chi connectivity index (χ0n) is 24.2. The van der Waals surface area contributed by atoms with Crippen molar-refractivity contribution in [3.63, 3.8) is 0 Å². The minimum absolute atomic E-state index is 0.101. The molecule has 41 heavy (non-hydrogen) atoms. The van der Waals surface area contributed by atoms with Gasteiger partial charge in [0.05, 0.1) is 35.2 Å². The summed E-state index contributed by atoms with van der Waals surface area (Å²) in [6.07, 6.45) is 6.95.